The molecule has 2 rings (SSSR count). The van der Waals surface area contributed by atoms with E-state index in [1.165, 1.54) is 6.07 Å². The van der Waals surface area contributed by atoms with Gasteiger partial charge in [0.15, 0.2) is 0 Å². The lowest BCUT2D eigenvalue weighted by Crippen LogP contribution is -2.05. The van der Waals surface area contributed by atoms with Gasteiger partial charge in [0.1, 0.15) is 0 Å². The van der Waals surface area contributed by atoms with Crippen LogP contribution >= 0.6 is 0 Å². The summed E-state index contributed by atoms with van der Waals surface area (Å²) in [6, 6.07) is 11.9. The Kier molecular flexibility index (Phi) is 3.57. The molecule has 0 aliphatic carbocycles. The number of aromatic amines is 1. The molecule has 0 bridgehead atoms. The van der Waals surface area contributed by atoms with E-state index in [1.54, 1.807) is 43.3 Å². The second kappa shape index (κ2) is 5.31. The number of hydrogen-bond acceptors (Lipinski definition) is 3. The molecule has 92 valence electrons. The van der Waals surface area contributed by atoms with Crippen molar-refractivity contribution in [3.63, 3.8) is 0 Å². The Morgan fingerprint density at radius 1 is 1.17 bits per heavy atom. The first-order chi connectivity index (χ1) is 8.70. The number of carbonyl (C=O) groups is 1. The highest BCUT2D eigenvalue weighted by molar-refractivity contribution is 5.89. The van der Waals surface area contributed by atoms with E-state index < -0.39 is 0 Å². The van der Waals surface area contributed by atoms with Crippen molar-refractivity contribution in [2.75, 3.05) is 6.61 Å². The molecule has 0 amide bonds. The van der Waals surface area contributed by atoms with Crippen LogP contribution in [-0.2, 0) is 4.74 Å². The number of hydrogen-bond donors (Lipinski definition) is 1. The summed E-state index contributed by atoms with van der Waals surface area (Å²) in [5.41, 5.74) is 1.92. The highest BCUT2D eigenvalue weighted by Gasteiger charge is 2.06. The molecule has 2 aromatic rings. The molecular weight excluding hydrogens is 230 g/mol. The van der Waals surface area contributed by atoms with Crippen molar-refractivity contribution in [3.05, 3.63) is 58.4 Å². The molecule has 0 aliphatic rings. The van der Waals surface area contributed by atoms with E-state index in [-0.39, 0.29) is 11.5 Å². The van der Waals surface area contributed by atoms with Gasteiger partial charge in [-0.3, -0.25) is 4.79 Å². The zero-order chi connectivity index (χ0) is 13.0. The van der Waals surface area contributed by atoms with Gasteiger partial charge in [-0.1, -0.05) is 18.2 Å². The molecule has 0 fully saturated rings. The summed E-state index contributed by atoms with van der Waals surface area (Å²) in [6.45, 7) is 2.12. The van der Waals surface area contributed by atoms with E-state index in [0.717, 1.165) is 11.3 Å². The van der Waals surface area contributed by atoms with Crippen molar-refractivity contribution in [1.29, 1.82) is 0 Å². The van der Waals surface area contributed by atoms with E-state index in [1.807, 2.05) is 0 Å². The van der Waals surface area contributed by atoms with Crippen LogP contribution in [-0.4, -0.2) is 17.6 Å². The van der Waals surface area contributed by atoms with Gasteiger partial charge in [0, 0.05) is 11.8 Å². The summed E-state index contributed by atoms with van der Waals surface area (Å²) in [6.07, 6.45) is 0. The standard InChI is InChI=1S/C14H13NO3/c1-2-18-14(17)11-8-6-10(7-9-11)12-4-3-5-13(16)15-12/h3-9H,2H2,1H3,(H,15,16). The Morgan fingerprint density at radius 2 is 1.89 bits per heavy atom. The van der Waals surface area contributed by atoms with Gasteiger partial charge >= 0.3 is 5.97 Å². The van der Waals surface area contributed by atoms with Crippen LogP contribution in [0.1, 0.15) is 17.3 Å². The van der Waals surface area contributed by atoms with Gasteiger partial charge in [0.05, 0.1) is 12.2 Å². The molecule has 0 radical (unpaired) electrons. The predicted molar refractivity (Wildman–Crippen MR) is 68.5 cm³/mol. The van der Waals surface area contributed by atoms with Gasteiger partial charge in [0.2, 0.25) is 5.56 Å². The van der Waals surface area contributed by atoms with Gasteiger partial charge in [-0.05, 0) is 30.7 Å². The third kappa shape index (κ3) is 2.66. The van der Waals surface area contributed by atoms with Crippen molar-refractivity contribution in [3.8, 4) is 11.3 Å². The summed E-state index contributed by atoms with van der Waals surface area (Å²) < 4.78 is 4.90. The van der Waals surface area contributed by atoms with Gasteiger partial charge in [-0.2, -0.15) is 0 Å². The normalized spacial score (nSPS) is 10.1. The second-order valence-corrected chi connectivity index (χ2v) is 3.73. The molecular formula is C14H13NO3. The first kappa shape index (κ1) is 12.1. The molecule has 4 nitrogen and oxygen atoms in total. The predicted octanol–water partition coefficient (Wildman–Crippen LogP) is 2.22. The number of H-pyrrole nitrogens is 1. The van der Waals surface area contributed by atoms with Gasteiger partial charge in [0.25, 0.3) is 0 Å². The first-order valence-electron chi connectivity index (χ1n) is 5.67. The lowest BCUT2D eigenvalue weighted by molar-refractivity contribution is 0.0526. The molecule has 1 aromatic heterocycles. The average Bonchev–Trinajstić information content (AvgIpc) is 2.39. The van der Waals surface area contributed by atoms with Crippen molar-refractivity contribution in [2.45, 2.75) is 6.92 Å². The summed E-state index contributed by atoms with van der Waals surface area (Å²) in [4.78, 5) is 25.4. The molecule has 1 heterocycles. The largest absolute Gasteiger partial charge is 0.462 e. The summed E-state index contributed by atoms with van der Waals surface area (Å²) in [7, 11) is 0. The fourth-order valence-corrected chi connectivity index (χ4v) is 1.62. The van der Waals surface area contributed by atoms with Crippen molar-refractivity contribution < 1.29 is 9.53 Å². The van der Waals surface area contributed by atoms with Crippen LogP contribution in [0.4, 0.5) is 0 Å². The van der Waals surface area contributed by atoms with Gasteiger partial charge < -0.3 is 9.72 Å². The molecule has 1 aromatic carbocycles. The van der Waals surface area contributed by atoms with Crippen molar-refractivity contribution in [1.82, 2.24) is 4.98 Å². The number of nitrogens with one attached hydrogen (secondary N) is 1. The van der Waals surface area contributed by atoms with Crippen molar-refractivity contribution in [2.24, 2.45) is 0 Å². The van der Waals surface area contributed by atoms with Crippen LogP contribution in [0.5, 0.6) is 0 Å². The van der Waals surface area contributed by atoms with Crippen LogP contribution in [0.2, 0.25) is 0 Å². The third-order valence-corrected chi connectivity index (χ3v) is 2.48. The van der Waals surface area contributed by atoms with Crippen LogP contribution in [0.25, 0.3) is 11.3 Å². The van der Waals surface area contributed by atoms with E-state index >= 15 is 0 Å². The summed E-state index contributed by atoms with van der Waals surface area (Å²) in [5.74, 6) is -0.342. The molecule has 0 aliphatic heterocycles. The van der Waals surface area contributed by atoms with E-state index in [0.29, 0.717) is 12.2 Å². The topological polar surface area (TPSA) is 59.2 Å². The van der Waals surface area contributed by atoms with E-state index in [2.05, 4.69) is 4.98 Å². The molecule has 0 unspecified atom stereocenters. The van der Waals surface area contributed by atoms with Crippen molar-refractivity contribution >= 4 is 5.97 Å². The lowest BCUT2D eigenvalue weighted by Gasteiger charge is -2.04. The third-order valence-electron chi connectivity index (χ3n) is 2.48. The number of benzene rings is 1. The number of pyridine rings is 1. The summed E-state index contributed by atoms with van der Waals surface area (Å²) in [5, 5.41) is 0. The smallest absolute Gasteiger partial charge is 0.338 e. The second-order valence-electron chi connectivity index (χ2n) is 3.73. The molecule has 0 spiro atoms. The average molecular weight is 243 g/mol. The maximum atomic E-state index is 11.5. The fraction of sp³-hybridized carbons (Fsp3) is 0.143. The van der Waals surface area contributed by atoms with Crippen LogP contribution < -0.4 is 5.56 Å². The SMILES string of the molecule is CCOC(=O)c1ccc(-c2cccc(=O)[nH]2)cc1. The Hall–Kier alpha value is -2.36. The molecule has 1 N–H and O–H groups in total. The minimum Gasteiger partial charge on any atom is -0.462 e. The molecule has 0 saturated heterocycles. The maximum Gasteiger partial charge on any atom is 0.338 e. The van der Waals surface area contributed by atoms with Crippen LogP contribution in [0, 0.1) is 0 Å². The number of rotatable bonds is 3. The Balaban J connectivity index is 2.27. The quantitative estimate of drug-likeness (QED) is 0.841. The fourth-order valence-electron chi connectivity index (χ4n) is 1.62. The van der Waals surface area contributed by atoms with Crippen LogP contribution in [0.15, 0.2) is 47.3 Å². The monoisotopic (exact) mass is 243 g/mol. The minimum atomic E-state index is -0.342. The highest BCUT2D eigenvalue weighted by atomic mass is 16.5. The van der Waals surface area contributed by atoms with Gasteiger partial charge in [-0.15, -0.1) is 0 Å². The molecule has 4 heteroatoms. The number of aromatic nitrogens is 1. The number of carbonyl (C=O) groups excluding carboxylic acids is 1. The zero-order valence-electron chi connectivity index (χ0n) is 9.97. The Labute approximate surface area is 104 Å². The van der Waals surface area contributed by atoms with Crippen LogP contribution in [0.3, 0.4) is 0 Å². The summed E-state index contributed by atoms with van der Waals surface area (Å²) >= 11 is 0. The molecule has 18 heavy (non-hydrogen) atoms. The van der Waals surface area contributed by atoms with E-state index in [9.17, 15) is 9.59 Å². The zero-order valence-corrected chi connectivity index (χ0v) is 9.97. The first-order valence-corrected chi connectivity index (χ1v) is 5.67. The Morgan fingerprint density at radius 3 is 2.50 bits per heavy atom. The highest BCUT2D eigenvalue weighted by Crippen LogP contribution is 2.16. The maximum absolute atomic E-state index is 11.5. The molecule has 0 saturated carbocycles. The van der Waals surface area contributed by atoms with E-state index in [4.69, 9.17) is 4.74 Å². The number of esters is 1. The lowest BCUT2D eigenvalue weighted by atomic mass is 10.1. The minimum absolute atomic E-state index is 0.151. The Bertz CT molecular complexity index is 599. The number of ether oxygens (including phenoxy) is 1. The molecule has 0 atom stereocenters. The van der Waals surface area contributed by atoms with Gasteiger partial charge in [-0.25, -0.2) is 4.79 Å².